The molecule has 0 radical (unpaired) electrons. The Balaban J connectivity index is 1.55. The lowest BCUT2D eigenvalue weighted by atomic mass is 9.98. The Kier molecular flexibility index (Phi) is 17.7. The minimum absolute atomic E-state index is 0.137. The fraction of sp³-hybridized carbons (Fsp3) is 0.964. The third kappa shape index (κ3) is 12.3. The molecule has 0 saturated carbocycles. The summed E-state index contributed by atoms with van der Waals surface area (Å²) in [6.07, 6.45) is -0.736. The van der Waals surface area contributed by atoms with Gasteiger partial charge in [0.2, 0.25) is 0 Å². The van der Waals surface area contributed by atoms with E-state index in [1.54, 1.807) is 0 Å². The van der Waals surface area contributed by atoms with E-state index in [0.29, 0.717) is 13.0 Å². The number of ether oxygens (including phenoxy) is 5. The summed E-state index contributed by atoms with van der Waals surface area (Å²) in [6.45, 7) is -0.709. The second-order valence-corrected chi connectivity index (χ2v) is 11.0. The van der Waals surface area contributed by atoms with E-state index in [0.717, 1.165) is 44.9 Å². The molecule has 41 heavy (non-hydrogen) atoms. The predicted octanol–water partition coefficient (Wildman–Crippen LogP) is -0.129. The second kappa shape index (κ2) is 20.1. The quantitative estimate of drug-likeness (QED) is 0.0724. The molecule has 0 amide bonds. The zero-order valence-corrected chi connectivity index (χ0v) is 24.2. The van der Waals surface area contributed by atoms with Crippen LogP contribution in [0.25, 0.3) is 0 Å². The van der Waals surface area contributed by atoms with Crippen molar-refractivity contribution in [2.45, 2.75) is 145 Å². The topological polar surface area (TPSA) is 205 Å². The van der Waals surface area contributed by atoms with Crippen molar-refractivity contribution >= 4 is 5.97 Å². The zero-order chi connectivity index (χ0) is 30.2. The normalized spacial score (nSPS) is 34.0. The number of esters is 1. The molecule has 13 nitrogen and oxygen atoms in total. The summed E-state index contributed by atoms with van der Waals surface area (Å²) < 4.78 is 26.6. The molecule has 0 bridgehead atoms. The highest BCUT2D eigenvalue weighted by molar-refractivity contribution is 5.68. The van der Waals surface area contributed by atoms with E-state index in [9.17, 15) is 40.5 Å². The molecule has 2 saturated heterocycles. The first-order valence-corrected chi connectivity index (χ1v) is 15.0. The van der Waals surface area contributed by atoms with E-state index in [4.69, 9.17) is 18.9 Å². The molecule has 1 unspecified atom stereocenters. The molecule has 2 aliphatic heterocycles. The number of rotatable bonds is 20. The van der Waals surface area contributed by atoms with Gasteiger partial charge in [-0.25, -0.2) is 0 Å². The maximum Gasteiger partial charge on any atom is 0.305 e. The monoisotopic (exact) mass is 596 g/mol. The summed E-state index contributed by atoms with van der Waals surface area (Å²) in [5.74, 6) is -0.137. The predicted molar refractivity (Wildman–Crippen MR) is 144 cm³/mol. The van der Waals surface area contributed by atoms with Crippen molar-refractivity contribution < 1.29 is 64.2 Å². The molecule has 10 atom stereocenters. The van der Waals surface area contributed by atoms with Crippen molar-refractivity contribution in [1.82, 2.24) is 0 Å². The number of methoxy groups -OCH3 is 1. The Morgan fingerprint density at radius 1 is 0.585 bits per heavy atom. The van der Waals surface area contributed by atoms with Gasteiger partial charge in [-0.3, -0.25) is 4.79 Å². The van der Waals surface area contributed by atoms with E-state index in [-0.39, 0.29) is 12.6 Å². The molecule has 0 aromatic heterocycles. The first kappa shape index (κ1) is 36.2. The van der Waals surface area contributed by atoms with Crippen LogP contribution in [0.2, 0.25) is 0 Å². The minimum Gasteiger partial charge on any atom is -0.469 e. The molecule has 0 aromatic rings. The SMILES string of the molecule is COC(=O)CCCCCCCCCCCCCCOC1O[C@H](CO[C@H]2O[C@H](CO)[C@H](O)[C@H](O)[C@H]2O)[C@@H](O)[C@H](O)[C@H]1O. The number of hydrogen-bond acceptors (Lipinski definition) is 13. The highest BCUT2D eigenvalue weighted by Gasteiger charge is 2.47. The molecule has 13 heteroatoms. The molecule has 2 rings (SSSR count). The molecule has 2 aliphatic rings. The van der Waals surface area contributed by atoms with Crippen molar-refractivity contribution in [1.29, 1.82) is 0 Å². The van der Waals surface area contributed by atoms with Crippen molar-refractivity contribution in [2.24, 2.45) is 0 Å². The van der Waals surface area contributed by atoms with Crippen molar-refractivity contribution in [3.05, 3.63) is 0 Å². The zero-order valence-electron chi connectivity index (χ0n) is 24.2. The molecular formula is C28H52O13. The average Bonchev–Trinajstić information content (AvgIpc) is 2.97. The molecule has 0 aliphatic carbocycles. The van der Waals surface area contributed by atoms with Gasteiger partial charge >= 0.3 is 5.97 Å². The van der Waals surface area contributed by atoms with Crippen LogP contribution in [0.5, 0.6) is 0 Å². The Morgan fingerprint density at radius 2 is 1.02 bits per heavy atom. The number of unbranched alkanes of at least 4 members (excludes halogenated alkanes) is 11. The van der Waals surface area contributed by atoms with Gasteiger partial charge in [-0.2, -0.15) is 0 Å². The summed E-state index contributed by atoms with van der Waals surface area (Å²) in [7, 11) is 1.42. The second-order valence-electron chi connectivity index (χ2n) is 11.0. The molecule has 7 N–H and O–H groups in total. The lowest BCUT2D eigenvalue weighted by molar-refractivity contribution is -0.331. The molecule has 242 valence electrons. The van der Waals surface area contributed by atoms with Crippen LogP contribution >= 0.6 is 0 Å². The maximum atomic E-state index is 11.1. The van der Waals surface area contributed by atoms with Gasteiger partial charge in [-0.15, -0.1) is 0 Å². The third-order valence-corrected chi connectivity index (χ3v) is 7.73. The Bertz CT molecular complexity index is 696. The number of hydrogen-bond donors (Lipinski definition) is 7. The van der Waals surface area contributed by atoms with Gasteiger partial charge in [0, 0.05) is 13.0 Å². The van der Waals surface area contributed by atoms with Crippen LogP contribution in [0.1, 0.15) is 83.5 Å². The Labute approximate surface area is 242 Å². The number of carbonyl (C=O) groups excluding carboxylic acids is 1. The number of aliphatic hydroxyl groups is 7. The first-order valence-electron chi connectivity index (χ1n) is 15.0. The van der Waals surface area contributed by atoms with Crippen LogP contribution in [-0.4, -0.2) is 130 Å². The van der Waals surface area contributed by atoms with Crippen LogP contribution in [0.15, 0.2) is 0 Å². The summed E-state index contributed by atoms with van der Waals surface area (Å²) in [5.41, 5.74) is 0. The van der Waals surface area contributed by atoms with Gasteiger partial charge < -0.3 is 59.4 Å². The van der Waals surface area contributed by atoms with E-state index < -0.39 is 68.0 Å². The van der Waals surface area contributed by atoms with E-state index in [1.165, 1.54) is 39.2 Å². The summed E-state index contributed by atoms with van der Waals surface area (Å²) in [4.78, 5) is 11.1. The molecule has 2 fully saturated rings. The van der Waals surface area contributed by atoms with E-state index >= 15 is 0 Å². The standard InChI is InChI=1S/C28H52O13/c1-37-20(30)14-12-10-8-6-4-2-3-5-7-9-11-13-15-38-27-25(35)24(34)22(32)19(41-27)17-39-28-26(36)23(33)21(31)18(16-29)40-28/h18-19,21-29,31-36H,2-17H2,1H3/t18-,19-,21+,22-,23+,24+,25-,26-,27?,28+/m1/s1. The van der Waals surface area contributed by atoms with Crippen LogP contribution in [0, 0.1) is 0 Å². The van der Waals surface area contributed by atoms with Crippen molar-refractivity contribution in [2.75, 3.05) is 26.9 Å². The van der Waals surface area contributed by atoms with Crippen LogP contribution in [-0.2, 0) is 28.5 Å². The largest absolute Gasteiger partial charge is 0.469 e. The summed E-state index contributed by atoms with van der Waals surface area (Å²) in [6, 6.07) is 0. The highest BCUT2D eigenvalue weighted by Crippen LogP contribution is 2.26. The number of aliphatic hydroxyl groups excluding tert-OH is 7. The molecule has 0 aromatic carbocycles. The number of carbonyl (C=O) groups is 1. The van der Waals surface area contributed by atoms with Gasteiger partial charge in [0.15, 0.2) is 12.6 Å². The Morgan fingerprint density at radius 3 is 1.54 bits per heavy atom. The third-order valence-electron chi connectivity index (χ3n) is 7.73. The highest BCUT2D eigenvalue weighted by atomic mass is 16.7. The van der Waals surface area contributed by atoms with Gasteiger partial charge in [0.05, 0.1) is 20.3 Å². The van der Waals surface area contributed by atoms with Crippen molar-refractivity contribution in [3.8, 4) is 0 Å². The van der Waals surface area contributed by atoms with E-state index in [1.807, 2.05) is 0 Å². The molecular weight excluding hydrogens is 544 g/mol. The summed E-state index contributed by atoms with van der Waals surface area (Å²) >= 11 is 0. The van der Waals surface area contributed by atoms with Crippen LogP contribution in [0.3, 0.4) is 0 Å². The van der Waals surface area contributed by atoms with Crippen molar-refractivity contribution in [3.63, 3.8) is 0 Å². The fourth-order valence-corrected chi connectivity index (χ4v) is 5.03. The fourth-order valence-electron chi connectivity index (χ4n) is 5.03. The minimum atomic E-state index is -1.62. The molecule has 2 heterocycles. The lowest BCUT2D eigenvalue weighted by Gasteiger charge is -2.42. The van der Waals surface area contributed by atoms with Crippen LogP contribution < -0.4 is 0 Å². The smallest absolute Gasteiger partial charge is 0.305 e. The Hall–Kier alpha value is -0.970. The van der Waals surface area contributed by atoms with Gasteiger partial charge in [0.25, 0.3) is 0 Å². The average molecular weight is 597 g/mol. The first-order chi connectivity index (χ1) is 19.7. The van der Waals surface area contributed by atoms with Gasteiger partial charge in [0.1, 0.15) is 48.8 Å². The van der Waals surface area contributed by atoms with Gasteiger partial charge in [-0.05, 0) is 12.8 Å². The lowest BCUT2D eigenvalue weighted by Crippen LogP contribution is -2.61. The van der Waals surface area contributed by atoms with Crippen LogP contribution in [0.4, 0.5) is 0 Å². The molecule has 0 spiro atoms. The summed E-state index contributed by atoms with van der Waals surface area (Å²) in [5, 5.41) is 70.0. The van der Waals surface area contributed by atoms with E-state index in [2.05, 4.69) is 4.74 Å². The maximum absolute atomic E-state index is 11.1. The van der Waals surface area contributed by atoms with Gasteiger partial charge in [-0.1, -0.05) is 64.2 Å².